The van der Waals surface area contributed by atoms with E-state index in [1.807, 2.05) is 0 Å². The van der Waals surface area contributed by atoms with Crippen LogP contribution in [0.4, 0.5) is 0 Å². The molecule has 8 aromatic carbocycles. The SMILES string of the molecule is c1ccc(-c2cccc(-n3c4ccccc4c4ccc5c6ccccc6n(-c6cccc7c6c6ccccc6n7-c6ccccc6)c5c43)c2)cc1. The highest BCUT2D eigenvalue weighted by atomic mass is 15.1. The van der Waals surface area contributed by atoms with Gasteiger partial charge in [-0.15, -0.1) is 0 Å². The molecule has 51 heavy (non-hydrogen) atoms. The fourth-order valence-corrected chi connectivity index (χ4v) is 8.52. The van der Waals surface area contributed by atoms with E-state index in [0.29, 0.717) is 0 Å². The van der Waals surface area contributed by atoms with Gasteiger partial charge in [-0.25, -0.2) is 0 Å². The summed E-state index contributed by atoms with van der Waals surface area (Å²) in [6, 6.07) is 68.4. The zero-order chi connectivity index (χ0) is 33.5. The zero-order valence-corrected chi connectivity index (χ0v) is 27.7. The van der Waals surface area contributed by atoms with Crippen LogP contribution in [0, 0.1) is 0 Å². The summed E-state index contributed by atoms with van der Waals surface area (Å²) in [7, 11) is 0. The average Bonchev–Trinajstić information content (AvgIpc) is 3.85. The van der Waals surface area contributed by atoms with Crippen molar-refractivity contribution in [2.24, 2.45) is 0 Å². The van der Waals surface area contributed by atoms with E-state index in [1.54, 1.807) is 0 Å². The molecule has 0 N–H and O–H groups in total. The summed E-state index contributed by atoms with van der Waals surface area (Å²) in [5.74, 6) is 0. The van der Waals surface area contributed by atoms with Crippen LogP contribution in [0.25, 0.3) is 93.6 Å². The molecule has 3 nitrogen and oxygen atoms in total. The second-order valence-electron chi connectivity index (χ2n) is 13.3. The Labute approximate surface area is 294 Å². The van der Waals surface area contributed by atoms with Crippen molar-refractivity contribution >= 4 is 65.4 Å². The van der Waals surface area contributed by atoms with Gasteiger partial charge in [0.15, 0.2) is 0 Å². The molecule has 0 radical (unpaired) electrons. The first-order valence-electron chi connectivity index (χ1n) is 17.5. The molecule has 0 fully saturated rings. The van der Waals surface area contributed by atoms with Crippen molar-refractivity contribution in [1.82, 2.24) is 13.7 Å². The lowest BCUT2D eigenvalue weighted by atomic mass is 10.1. The molecule has 0 unspecified atom stereocenters. The van der Waals surface area contributed by atoms with Crippen LogP contribution in [0.1, 0.15) is 0 Å². The van der Waals surface area contributed by atoms with Crippen molar-refractivity contribution in [1.29, 1.82) is 0 Å². The fraction of sp³-hybridized carbons (Fsp3) is 0. The number of benzene rings is 8. The van der Waals surface area contributed by atoms with Gasteiger partial charge in [0, 0.05) is 43.7 Å². The summed E-state index contributed by atoms with van der Waals surface area (Å²) in [6.07, 6.45) is 0. The maximum absolute atomic E-state index is 2.54. The Hall–Kier alpha value is -6.84. The molecule has 3 aromatic heterocycles. The van der Waals surface area contributed by atoms with Crippen LogP contribution in [-0.4, -0.2) is 13.7 Å². The fourth-order valence-electron chi connectivity index (χ4n) is 8.52. The average molecular weight is 650 g/mol. The Morgan fingerprint density at radius 2 is 0.765 bits per heavy atom. The zero-order valence-electron chi connectivity index (χ0n) is 27.7. The molecule has 0 aliphatic rings. The van der Waals surface area contributed by atoms with Crippen LogP contribution in [0.3, 0.4) is 0 Å². The summed E-state index contributed by atoms with van der Waals surface area (Å²) >= 11 is 0. The molecular weight excluding hydrogens is 619 g/mol. The summed E-state index contributed by atoms with van der Waals surface area (Å²) in [5, 5.41) is 7.45. The molecule has 0 amide bonds. The lowest BCUT2D eigenvalue weighted by Gasteiger charge is -2.15. The highest BCUT2D eigenvalue weighted by molar-refractivity contribution is 6.25. The predicted octanol–water partition coefficient (Wildman–Crippen LogP) is 12.6. The van der Waals surface area contributed by atoms with E-state index in [4.69, 9.17) is 0 Å². The van der Waals surface area contributed by atoms with Crippen molar-refractivity contribution in [3.63, 3.8) is 0 Å². The molecule has 11 aromatic rings. The van der Waals surface area contributed by atoms with Gasteiger partial charge in [-0.1, -0.05) is 133 Å². The van der Waals surface area contributed by atoms with Crippen molar-refractivity contribution in [2.45, 2.75) is 0 Å². The first-order chi connectivity index (χ1) is 25.3. The van der Waals surface area contributed by atoms with Crippen molar-refractivity contribution in [3.8, 4) is 28.2 Å². The normalized spacial score (nSPS) is 11.9. The van der Waals surface area contributed by atoms with E-state index < -0.39 is 0 Å². The second kappa shape index (κ2) is 10.8. The topological polar surface area (TPSA) is 14.8 Å². The minimum Gasteiger partial charge on any atom is -0.309 e. The molecule has 0 saturated heterocycles. The van der Waals surface area contributed by atoms with Crippen molar-refractivity contribution in [2.75, 3.05) is 0 Å². The van der Waals surface area contributed by atoms with Gasteiger partial charge in [0.1, 0.15) is 0 Å². The molecule has 0 aliphatic carbocycles. The van der Waals surface area contributed by atoms with E-state index in [2.05, 4.69) is 202 Å². The standard InChI is InChI=1S/C48H31N3/c1-3-15-32(16-4-1)33-17-13-20-35(31-33)50-41-24-10-7-21-36(41)38-29-30-39-37-22-8-11-25-42(37)51(48(39)47(38)50)45-28-14-27-44-46(45)40-23-9-12-26-43(40)49(44)34-18-5-2-6-19-34/h1-31H. The van der Waals surface area contributed by atoms with Crippen LogP contribution in [0.2, 0.25) is 0 Å². The van der Waals surface area contributed by atoms with Crippen LogP contribution >= 0.6 is 0 Å². The van der Waals surface area contributed by atoms with Gasteiger partial charge in [-0.3, -0.25) is 0 Å². The highest BCUT2D eigenvalue weighted by Gasteiger charge is 2.23. The molecule has 0 bridgehead atoms. The molecule has 0 saturated carbocycles. The van der Waals surface area contributed by atoms with Gasteiger partial charge in [0.05, 0.1) is 38.8 Å². The van der Waals surface area contributed by atoms with Gasteiger partial charge in [0.25, 0.3) is 0 Å². The minimum absolute atomic E-state index is 1.14. The number of rotatable bonds is 4. The second-order valence-corrected chi connectivity index (χ2v) is 13.3. The van der Waals surface area contributed by atoms with Crippen LogP contribution in [0.5, 0.6) is 0 Å². The quantitative estimate of drug-likeness (QED) is 0.180. The van der Waals surface area contributed by atoms with Crippen LogP contribution in [0.15, 0.2) is 188 Å². The molecule has 3 heterocycles. The van der Waals surface area contributed by atoms with Gasteiger partial charge in [-0.2, -0.15) is 0 Å². The van der Waals surface area contributed by atoms with E-state index in [9.17, 15) is 0 Å². The Morgan fingerprint density at radius 1 is 0.275 bits per heavy atom. The molecule has 11 rings (SSSR count). The van der Waals surface area contributed by atoms with Crippen molar-refractivity contribution < 1.29 is 0 Å². The Bertz CT molecular complexity index is 3120. The number of hydrogen-bond donors (Lipinski definition) is 0. The maximum Gasteiger partial charge on any atom is 0.0789 e. The van der Waals surface area contributed by atoms with E-state index in [-0.39, 0.29) is 0 Å². The van der Waals surface area contributed by atoms with E-state index >= 15 is 0 Å². The number of fused-ring (bicyclic) bond motifs is 10. The molecule has 0 atom stereocenters. The van der Waals surface area contributed by atoms with Gasteiger partial charge < -0.3 is 13.7 Å². The van der Waals surface area contributed by atoms with Gasteiger partial charge >= 0.3 is 0 Å². The molecule has 0 aliphatic heterocycles. The lowest BCUT2D eigenvalue weighted by Crippen LogP contribution is -2.00. The first-order valence-corrected chi connectivity index (χ1v) is 17.5. The number of aromatic nitrogens is 3. The first kappa shape index (κ1) is 28.0. The Kier molecular flexibility index (Phi) is 5.96. The summed E-state index contributed by atoms with van der Waals surface area (Å²) in [4.78, 5) is 0. The van der Waals surface area contributed by atoms with Crippen LogP contribution in [-0.2, 0) is 0 Å². The molecule has 238 valence electrons. The third-order valence-electron chi connectivity index (χ3n) is 10.6. The van der Waals surface area contributed by atoms with Gasteiger partial charge in [0.2, 0.25) is 0 Å². The predicted molar refractivity (Wildman–Crippen MR) is 215 cm³/mol. The minimum atomic E-state index is 1.14. The highest BCUT2D eigenvalue weighted by Crippen LogP contribution is 2.44. The maximum atomic E-state index is 2.54. The van der Waals surface area contributed by atoms with Crippen LogP contribution < -0.4 is 0 Å². The third-order valence-corrected chi connectivity index (χ3v) is 10.6. The molecule has 0 spiro atoms. The Balaban J connectivity index is 1.33. The Morgan fingerprint density at radius 3 is 1.47 bits per heavy atom. The largest absolute Gasteiger partial charge is 0.309 e. The monoisotopic (exact) mass is 649 g/mol. The van der Waals surface area contributed by atoms with Gasteiger partial charge in [-0.05, 0) is 65.7 Å². The molecular formula is C48H31N3. The number of nitrogens with zero attached hydrogens (tertiary/aromatic N) is 3. The number of hydrogen-bond acceptors (Lipinski definition) is 0. The smallest absolute Gasteiger partial charge is 0.0789 e. The molecule has 3 heteroatoms. The van der Waals surface area contributed by atoms with E-state index in [0.717, 1.165) is 11.4 Å². The summed E-state index contributed by atoms with van der Waals surface area (Å²) in [6.45, 7) is 0. The van der Waals surface area contributed by atoms with Crippen molar-refractivity contribution in [3.05, 3.63) is 188 Å². The number of para-hydroxylation sites is 4. The lowest BCUT2D eigenvalue weighted by molar-refractivity contribution is 1.15. The summed E-state index contributed by atoms with van der Waals surface area (Å²) in [5.41, 5.74) is 13.1. The van der Waals surface area contributed by atoms with E-state index in [1.165, 1.54) is 82.2 Å². The third kappa shape index (κ3) is 4.00. The summed E-state index contributed by atoms with van der Waals surface area (Å²) < 4.78 is 7.43.